The van der Waals surface area contributed by atoms with E-state index in [1.807, 2.05) is 13.8 Å². The molecule has 0 spiro atoms. The van der Waals surface area contributed by atoms with E-state index in [2.05, 4.69) is 11.2 Å². The summed E-state index contributed by atoms with van der Waals surface area (Å²) in [5.41, 5.74) is 5.00. The third-order valence-electron chi connectivity index (χ3n) is 2.24. The van der Waals surface area contributed by atoms with Crippen molar-refractivity contribution >= 4 is 17.9 Å². The van der Waals surface area contributed by atoms with Crippen LogP contribution in [0.15, 0.2) is 0 Å². The molecule has 0 fully saturated rings. The van der Waals surface area contributed by atoms with E-state index in [0.717, 1.165) is 4.90 Å². The maximum atomic E-state index is 12.1. The number of amides is 3. The second-order valence-electron chi connectivity index (χ2n) is 4.48. The van der Waals surface area contributed by atoms with Crippen LogP contribution in [-0.2, 0) is 9.59 Å². The molecule has 0 aliphatic carbocycles. The highest BCUT2D eigenvalue weighted by Crippen LogP contribution is 2.08. The standard InChI is InChI=1S/C12H19N3O4/c1-4-5-15(7-10(16)17)11(18)9(6-8(2)3)14-12(13)19/h1,8-9H,5-7H2,2-3H3,(H,16,17)(H3,13,14,19). The largest absolute Gasteiger partial charge is 0.480 e. The Hall–Kier alpha value is -2.23. The molecule has 0 saturated carbocycles. The number of nitrogens with zero attached hydrogens (tertiary/aromatic N) is 1. The second-order valence-corrected chi connectivity index (χ2v) is 4.48. The summed E-state index contributed by atoms with van der Waals surface area (Å²) in [6.45, 7) is 3.08. The Balaban J connectivity index is 4.94. The first-order chi connectivity index (χ1) is 8.77. The van der Waals surface area contributed by atoms with E-state index in [-0.39, 0.29) is 12.5 Å². The minimum Gasteiger partial charge on any atom is -0.480 e. The zero-order valence-corrected chi connectivity index (χ0v) is 11.0. The van der Waals surface area contributed by atoms with Crippen LogP contribution in [0.2, 0.25) is 0 Å². The molecule has 7 heteroatoms. The van der Waals surface area contributed by atoms with Gasteiger partial charge in [-0.3, -0.25) is 9.59 Å². The molecule has 19 heavy (non-hydrogen) atoms. The van der Waals surface area contributed by atoms with Crippen molar-refractivity contribution in [3.8, 4) is 12.3 Å². The zero-order chi connectivity index (χ0) is 15.0. The highest BCUT2D eigenvalue weighted by Gasteiger charge is 2.26. The minimum absolute atomic E-state index is 0.123. The summed E-state index contributed by atoms with van der Waals surface area (Å²) in [5.74, 6) is 0.614. The quantitative estimate of drug-likeness (QED) is 0.546. The Kier molecular flexibility index (Phi) is 7.04. The Labute approximate surface area is 112 Å². The number of rotatable bonds is 7. The average Bonchev–Trinajstić information content (AvgIpc) is 2.24. The molecule has 1 atom stereocenters. The van der Waals surface area contributed by atoms with Crippen molar-refractivity contribution in [2.24, 2.45) is 11.7 Å². The van der Waals surface area contributed by atoms with Gasteiger partial charge in [0, 0.05) is 0 Å². The maximum absolute atomic E-state index is 12.1. The van der Waals surface area contributed by atoms with Gasteiger partial charge in [0.25, 0.3) is 0 Å². The topological polar surface area (TPSA) is 113 Å². The summed E-state index contributed by atoms with van der Waals surface area (Å²) in [6.07, 6.45) is 5.45. The molecule has 0 rings (SSSR count). The van der Waals surface area contributed by atoms with Crippen LogP contribution < -0.4 is 11.1 Å². The van der Waals surface area contributed by atoms with Crippen molar-refractivity contribution in [3.63, 3.8) is 0 Å². The van der Waals surface area contributed by atoms with Crippen LogP contribution in [0, 0.1) is 18.3 Å². The summed E-state index contributed by atoms with van der Waals surface area (Å²) in [4.78, 5) is 34.7. The van der Waals surface area contributed by atoms with Crippen molar-refractivity contribution in [2.75, 3.05) is 13.1 Å². The van der Waals surface area contributed by atoms with Gasteiger partial charge >= 0.3 is 12.0 Å². The van der Waals surface area contributed by atoms with Gasteiger partial charge in [0.1, 0.15) is 12.6 Å². The molecule has 7 nitrogen and oxygen atoms in total. The number of hydrogen-bond acceptors (Lipinski definition) is 3. The van der Waals surface area contributed by atoms with Gasteiger partial charge in [0.05, 0.1) is 6.54 Å². The molecule has 1 unspecified atom stereocenters. The number of carbonyl (C=O) groups is 3. The van der Waals surface area contributed by atoms with E-state index in [1.165, 1.54) is 0 Å². The lowest BCUT2D eigenvalue weighted by atomic mass is 10.0. The van der Waals surface area contributed by atoms with Crippen LogP contribution in [-0.4, -0.2) is 47.0 Å². The molecule has 0 aliphatic rings. The SMILES string of the molecule is C#CCN(CC(=O)O)C(=O)C(CC(C)C)NC(N)=O. The van der Waals surface area contributed by atoms with Crippen molar-refractivity contribution in [1.82, 2.24) is 10.2 Å². The molecule has 0 aromatic carbocycles. The monoisotopic (exact) mass is 269 g/mol. The van der Waals surface area contributed by atoms with Gasteiger partial charge in [-0.15, -0.1) is 6.42 Å². The van der Waals surface area contributed by atoms with E-state index >= 15 is 0 Å². The molecule has 0 aromatic heterocycles. The molecule has 106 valence electrons. The first-order valence-corrected chi connectivity index (χ1v) is 5.78. The van der Waals surface area contributed by atoms with Gasteiger partial charge in [-0.05, 0) is 12.3 Å². The van der Waals surface area contributed by atoms with Crippen molar-refractivity contribution in [2.45, 2.75) is 26.3 Å². The number of urea groups is 1. The van der Waals surface area contributed by atoms with Crippen molar-refractivity contribution in [1.29, 1.82) is 0 Å². The summed E-state index contributed by atoms with van der Waals surface area (Å²) in [6, 6.07) is -1.71. The number of carbonyl (C=O) groups excluding carboxylic acids is 2. The minimum atomic E-state index is -1.18. The molecule has 0 bridgehead atoms. The highest BCUT2D eigenvalue weighted by molar-refractivity contribution is 5.88. The number of nitrogens with two attached hydrogens (primary N) is 1. The van der Waals surface area contributed by atoms with E-state index in [1.54, 1.807) is 0 Å². The summed E-state index contributed by atoms with van der Waals surface area (Å²) in [5, 5.41) is 11.0. The summed E-state index contributed by atoms with van der Waals surface area (Å²) >= 11 is 0. The van der Waals surface area contributed by atoms with Gasteiger partial charge in [0.2, 0.25) is 5.91 Å². The van der Waals surface area contributed by atoms with Crippen LogP contribution in [0.5, 0.6) is 0 Å². The molecular formula is C12H19N3O4. The van der Waals surface area contributed by atoms with Crippen molar-refractivity contribution in [3.05, 3.63) is 0 Å². The molecule has 0 aromatic rings. The lowest BCUT2D eigenvalue weighted by Crippen LogP contribution is -2.51. The predicted octanol–water partition coefficient (Wildman–Crippen LogP) is -0.384. The normalized spacial score (nSPS) is 11.5. The molecule has 4 N–H and O–H groups in total. The number of aliphatic carboxylic acids is 1. The Morgan fingerprint density at radius 1 is 1.42 bits per heavy atom. The van der Waals surface area contributed by atoms with Gasteiger partial charge in [-0.25, -0.2) is 4.79 Å². The maximum Gasteiger partial charge on any atom is 0.323 e. The number of primary amides is 1. The van der Waals surface area contributed by atoms with Gasteiger partial charge < -0.3 is 21.1 Å². The highest BCUT2D eigenvalue weighted by atomic mass is 16.4. The third kappa shape index (κ3) is 6.93. The number of nitrogens with one attached hydrogen (secondary N) is 1. The van der Waals surface area contributed by atoms with E-state index < -0.39 is 30.5 Å². The number of carboxylic acids is 1. The Morgan fingerprint density at radius 3 is 2.37 bits per heavy atom. The first kappa shape index (κ1) is 16.8. The van der Waals surface area contributed by atoms with E-state index in [9.17, 15) is 14.4 Å². The fourth-order valence-corrected chi connectivity index (χ4v) is 1.57. The molecule has 0 heterocycles. The Bertz CT molecular complexity index is 387. The predicted molar refractivity (Wildman–Crippen MR) is 69.0 cm³/mol. The second kappa shape index (κ2) is 7.97. The Morgan fingerprint density at radius 2 is 2.00 bits per heavy atom. The lowest BCUT2D eigenvalue weighted by Gasteiger charge is -2.25. The molecule has 0 saturated heterocycles. The van der Waals surface area contributed by atoms with Crippen LogP contribution in [0.3, 0.4) is 0 Å². The fraction of sp³-hybridized carbons (Fsp3) is 0.583. The van der Waals surface area contributed by atoms with E-state index in [0.29, 0.717) is 6.42 Å². The first-order valence-electron chi connectivity index (χ1n) is 5.78. The number of carboxylic acid groups (broad SMARTS) is 1. The zero-order valence-electron chi connectivity index (χ0n) is 11.0. The molecular weight excluding hydrogens is 250 g/mol. The van der Waals surface area contributed by atoms with Crippen LogP contribution in [0.1, 0.15) is 20.3 Å². The molecule has 3 amide bonds. The van der Waals surface area contributed by atoms with Crippen LogP contribution >= 0.6 is 0 Å². The van der Waals surface area contributed by atoms with Gasteiger partial charge in [0.15, 0.2) is 0 Å². The summed E-state index contributed by atoms with van der Waals surface area (Å²) < 4.78 is 0. The lowest BCUT2D eigenvalue weighted by molar-refractivity contribution is -0.144. The van der Waals surface area contributed by atoms with Gasteiger partial charge in [-0.1, -0.05) is 19.8 Å². The van der Waals surface area contributed by atoms with Crippen molar-refractivity contribution < 1.29 is 19.5 Å². The number of hydrogen-bond donors (Lipinski definition) is 3. The van der Waals surface area contributed by atoms with Crippen LogP contribution in [0.25, 0.3) is 0 Å². The molecule has 0 aliphatic heterocycles. The van der Waals surface area contributed by atoms with Crippen LogP contribution in [0.4, 0.5) is 4.79 Å². The number of terminal acetylenes is 1. The average molecular weight is 269 g/mol. The summed E-state index contributed by atoms with van der Waals surface area (Å²) in [7, 11) is 0. The van der Waals surface area contributed by atoms with Gasteiger partial charge in [-0.2, -0.15) is 0 Å². The third-order valence-corrected chi connectivity index (χ3v) is 2.24. The molecule has 0 radical (unpaired) electrons. The van der Waals surface area contributed by atoms with E-state index in [4.69, 9.17) is 17.3 Å². The fourth-order valence-electron chi connectivity index (χ4n) is 1.57. The smallest absolute Gasteiger partial charge is 0.323 e.